The standard InChI is InChI=1S/C22H23ClN6O2/c1-22(11-19(30)29(21(25)28-22)15-6-9-31-10-7-15)16-3-2-4-17(20(16)23)27-18-13-26-8-5-14(18)12-24/h2-5,8,13,15,27H,6-7,9-11H2,1H3,(H2,25,28). The summed E-state index contributed by atoms with van der Waals surface area (Å²) in [6.45, 7) is 3.06. The molecule has 160 valence electrons. The summed E-state index contributed by atoms with van der Waals surface area (Å²) in [6.07, 6.45) is 4.73. The van der Waals surface area contributed by atoms with Crippen molar-refractivity contribution in [3.05, 3.63) is 52.8 Å². The van der Waals surface area contributed by atoms with Crippen molar-refractivity contribution in [3.63, 3.8) is 0 Å². The maximum absolute atomic E-state index is 13.1. The molecule has 1 atom stereocenters. The van der Waals surface area contributed by atoms with Gasteiger partial charge >= 0.3 is 0 Å². The molecule has 4 rings (SSSR count). The molecule has 0 bridgehead atoms. The molecule has 31 heavy (non-hydrogen) atoms. The van der Waals surface area contributed by atoms with Gasteiger partial charge in [-0.3, -0.25) is 20.1 Å². The zero-order valence-electron chi connectivity index (χ0n) is 17.1. The smallest absolute Gasteiger partial charge is 0.232 e. The van der Waals surface area contributed by atoms with Gasteiger partial charge in [0.25, 0.3) is 0 Å². The van der Waals surface area contributed by atoms with Crippen molar-refractivity contribution in [2.45, 2.75) is 37.8 Å². The average Bonchev–Trinajstić information content (AvgIpc) is 2.75. The van der Waals surface area contributed by atoms with E-state index < -0.39 is 5.54 Å². The Kier molecular flexibility index (Phi) is 5.81. The van der Waals surface area contributed by atoms with Gasteiger partial charge in [-0.1, -0.05) is 23.7 Å². The highest BCUT2D eigenvalue weighted by molar-refractivity contribution is 6.34. The zero-order chi connectivity index (χ0) is 22.0. The van der Waals surface area contributed by atoms with Crippen LogP contribution < -0.4 is 10.6 Å². The van der Waals surface area contributed by atoms with Gasteiger partial charge in [-0.25, -0.2) is 0 Å². The van der Waals surface area contributed by atoms with Crippen LogP contribution in [0.4, 0.5) is 11.4 Å². The number of hydrogen-bond acceptors (Lipinski definition) is 6. The number of ether oxygens (including phenoxy) is 1. The van der Waals surface area contributed by atoms with Crippen LogP contribution in [-0.2, 0) is 15.1 Å². The summed E-state index contributed by atoms with van der Waals surface area (Å²) >= 11 is 6.74. The molecule has 1 unspecified atom stereocenters. The Bertz CT molecular complexity index is 1040. The molecule has 2 aliphatic heterocycles. The van der Waals surface area contributed by atoms with E-state index in [1.807, 2.05) is 19.1 Å². The number of nitrogens with one attached hydrogen (secondary N) is 3. The number of rotatable bonds is 4. The number of anilines is 2. The highest BCUT2D eigenvalue weighted by Gasteiger charge is 2.43. The van der Waals surface area contributed by atoms with Crippen LogP contribution in [0.1, 0.15) is 37.3 Å². The van der Waals surface area contributed by atoms with Gasteiger partial charge in [0.1, 0.15) is 6.07 Å². The Balaban J connectivity index is 1.61. The molecule has 1 aromatic carbocycles. The molecule has 2 aliphatic rings. The fraction of sp³-hybridized carbons (Fsp3) is 0.364. The van der Waals surface area contributed by atoms with Crippen LogP contribution in [0, 0.1) is 16.7 Å². The van der Waals surface area contributed by atoms with E-state index in [2.05, 4.69) is 21.7 Å². The lowest BCUT2D eigenvalue weighted by Gasteiger charge is -2.45. The SMILES string of the molecule is CC1(c2cccc(Nc3cnccc3C#N)c2Cl)CC(=O)N(C2CCOCC2)C(=N)N1. The minimum Gasteiger partial charge on any atom is -0.381 e. The molecule has 1 amide bonds. The maximum atomic E-state index is 13.1. The Labute approximate surface area is 185 Å². The lowest BCUT2D eigenvalue weighted by Crippen LogP contribution is -2.62. The number of guanidine groups is 1. The van der Waals surface area contributed by atoms with Crippen LogP contribution in [0.15, 0.2) is 36.7 Å². The molecular formula is C22H23ClN6O2. The number of carbonyl (C=O) groups excluding carboxylic acids is 1. The van der Waals surface area contributed by atoms with Gasteiger partial charge < -0.3 is 15.4 Å². The molecule has 2 aromatic rings. The van der Waals surface area contributed by atoms with E-state index in [9.17, 15) is 10.1 Å². The predicted octanol–water partition coefficient (Wildman–Crippen LogP) is 3.50. The average molecular weight is 439 g/mol. The lowest BCUT2D eigenvalue weighted by molar-refractivity contribution is -0.133. The second kappa shape index (κ2) is 8.53. The molecule has 8 nitrogen and oxygen atoms in total. The van der Waals surface area contributed by atoms with E-state index in [1.165, 1.54) is 0 Å². The van der Waals surface area contributed by atoms with E-state index in [4.69, 9.17) is 21.7 Å². The first-order valence-electron chi connectivity index (χ1n) is 10.1. The molecule has 9 heteroatoms. The van der Waals surface area contributed by atoms with Gasteiger partial charge in [0.05, 0.1) is 40.1 Å². The third kappa shape index (κ3) is 4.07. The second-order valence-electron chi connectivity index (χ2n) is 7.91. The Morgan fingerprint density at radius 1 is 1.35 bits per heavy atom. The second-order valence-corrected chi connectivity index (χ2v) is 8.29. The molecule has 2 saturated heterocycles. The fourth-order valence-electron chi connectivity index (χ4n) is 4.16. The topological polar surface area (TPSA) is 114 Å². The highest BCUT2D eigenvalue weighted by Crippen LogP contribution is 2.39. The summed E-state index contributed by atoms with van der Waals surface area (Å²) in [5, 5.41) is 24.6. The first kappa shape index (κ1) is 21.1. The molecule has 3 heterocycles. The van der Waals surface area contributed by atoms with Crippen LogP contribution in [0.25, 0.3) is 0 Å². The van der Waals surface area contributed by atoms with Gasteiger partial charge in [0.15, 0.2) is 5.96 Å². The van der Waals surface area contributed by atoms with E-state index in [0.717, 1.165) is 12.8 Å². The van der Waals surface area contributed by atoms with Crippen molar-refractivity contribution in [3.8, 4) is 6.07 Å². The predicted molar refractivity (Wildman–Crippen MR) is 117 cm³/mol. The number of nitriles is 1. The Morgan fingerprint density at radius 3 is 2.84 bits per heavy atom. The van der Waals surface area contributed by atoms with Gasteiger partial charge in [0, 0.05) is 25.5 Å². The van der Waals surface area contributed by atoms with Crippen LogP contribution in [-0.4, -0.2) is 41.0 Å². The lowest BCUT2D eigenvalue weighted by atomic mass is 9.85. The molecule has 3 N–H and O–H groups in total. The molecular weight excluding hydrogens is 416 g/mol. The molecule has 0 saturated carbocycles. The number of carbonyl (C=O) groups is 1. The van der Waals surface area contributed by atoms with Crippen LogP contribution >= 0.6 is 11.6 Å². The summed E-state index contributed by atoms with van der Waals surface area (Å²) in [6, 6.07) is 9.20. The van der Waals surface area contributed by atoms with Crippen LogP contribution in [0.3, 0.4) is 0 Å². The van der Waals surface area contributed by atoms with Crippen molar-refractivity contribution in [2.24, 2.45) is 0 Å². The normalized spacial score (nSPS) is 22.0. The minimum absolute atomic E-state index is 0.0238. The maximum Gasteiger partial charge on any atom is 0.232 e. The van der Waals surface area contributed by atoms with Gasteiger partial charge in [-0.05, 0) is 37.5 Å². The number of aromatic nitrogens is 1. The molecule has 0 aliphatic carbocycles. The summed E-state index contributed by atoms with van der Waals surface area (Å²) in [7, 11) is 0. The summed E-state index contributed by atoms with van der Waals surface area (Å²) in [5.41, 5.74) is 1.45. The Morgan fingerprint density at radius 2 is 2.13 bits per heavy atom. The van der Waals surface area contributed by atoms with E-state index in [1.54, 1.807) is 29.4 Å². The van der Waals surface area contributed by atoms with Crippen molar-refractivity contribution in [1.29, 1.82) is 10.7 Å². The van der Waals surface area contributed by atoms with E-state index >= 15 is 0 Å². The number of benzene rings is 1. The van der Waals surface area contributed by atoms with Gasteiger partial charge in [-0.2, -0.15) is 5.26 Å². The van der Waals surface area contributed by atoms with E-state index in [0.29, 0.717) is 40.7 Å². The van der Waals surface area contributed by atoms with Crippen molar-refractivity contribution < 1.29 is 9.53 Å². The first-order chi connectivity index (χ1) is 14.9. The quantitative estimate of drug-likeness (QED) is 0.673. The van der Waals surface area contributed by atoms with Crippen molar-refractivity contribution in [1.82, 2.24) is 15.2 Å². The van der Waals surface area contributed by atoms with Gasteiger partial charge in [0.2, 0.25) is 5.91 Å². The molecule has 0 radical (unpaired) electrons. The summed E-state index contributed by atoms with van der Waals surface area (Å²) < 4.78 is 5.39. The number of amides is 1. The van der Waals surface area contributed by atoms with Crippen molar-refractivity contribution >= 4 is 34.8 Å². The third-order valence-electron chi connectivity index (χ3n) is 5.77. The molecule has 1 aromatic heterocycles. The minimum atomic E-state index is -0.836. The van der Waals surface area contributed by atoms with Crippen molar-refractivity contribution in [2.75, 3.05) is 18.5 Å². The molecule has 0 spiro atoms. The highest BCUT2D eigenvalue weighted by atomic mass is 35.5. The molecule has 2 fully saturated rings. The third-order valence-corrected chi connectivity index (χ3v) is 6.18. The first-order valence-corrected chi connectivity index (χ1v) is 10.5. The van der Waals surface area contributed by atoms with Crippen LogP contribution in [0.5, 0.6) is 0 Å². The monoisotopic (exact) mass is 438 g/mol. The van der Waals surface area contributed by atoms with Crippen LogP contribution in [0.2, 0.25) is 5.02 Å². The summed E-state index contributed by atoms with van der Waals surface area (Å²) in [4.78, 5) is 18.7. The largest absolute Gasteiger partial charge is 0.381 e. The van der Waals surface area contributed by atoms with Gasteiger partial charge in [-0.15, -0.1) is 0 Å². The number of nitrogens with zero attached hydrogens (tertiary/aromatic N) is 3. The number of halogens is 1. The number of pyridine rings is 1. The fourth-order valence-corrected chi connectivity index (χ4v) is 4.54. The zero-order valence-corrected chi connectivity index (χ0v) is 17.9. The Hall–Kier alpha value is -3.15. The summed E-state index contributed by atoms with van der Waals surface area (Å²) in [5.74, 6) is -0.0225. The number of hydrogen-bond donors (Lipinski definition) is 3. The van der Waals surface area contributed by atoms with E-state index in [-0.39, 0.29) is 24.3 Å².